The largest absolute Gasteiger partial charge is 0.381 e. The van der Waals surface area contributed by atoms with Crippen LogP contribution < -0.4 is 5.73 Å². The fourth-order valence-corrected chi connectivity index (χ4v) is 4.38. The van der Waals surface area contributed by atoms with Gasteiger partial charge in [-0.1, -0.05) is 13.8 Å². The number of sulfone groups is 1. The molecule has 2 N–H and O–H groups in total. The summed E-state index contributed by atoms with van der Waals surface area (Å²) in [5.41, 5.74) is 5.51. The van der Waals surface area contributed by atoms with Crippen LogP contribution in [0.15, 0.2) is 0 Å². The SMILES string of the molecule is CC(C)CCOCCC1(CN)CCS(=O)(=O)C1. The maximum atomic E-state index is 11.5. The smallest absolute Gasteiger partial charge is 0.150 e. The Balaban J connectivity index is 2.29. The van der Waals surface area contributed by atoms with Crippen LogP contribution in [0.5, 0.6) is 0 Å². The molecule has 1 aliphatic rings. The molecule has 0 saturated carbocycles. The van der Waals surface area contributed by atoms with Gasteiger partial charge in [0.1, 0.15) is 0 Å². The minimum Gasteiger partial charge on any atom is -0.381 e. The summed E-state index contributed by atoms with van der Waals surface area (Å²) in [4.78, 5) is 0. The van der Waals surface area contributed by atoms with Gasteiger partial charge in [0.15, 0.2) is 9.84 Å². The Morgan fingerprint density at radius 1 is 1.35 bits per heavy atom. The molecule has 0 aliphatic carbocycles. The number of rotatable bonds is 7. The highest BCUT2D eigenvalue weighted by atomic mass is 32.2. The first-order valence-corrected chi connectivity index (χ1v) is 8.19. The lowest BCUT2D eigenvalue weighted by molar-refractivity contribution is 0.0948. The first-order chi connectivity index (χ1) is 7.89. The summed E-state index contributed by atoms with van der Waals surface area (Å²) in [6.07, 6.45) is 2.51. The van der Waals surface area contributed by atoms with Gasteiger partial charge < -0.3 is 10.5 Å². The van der Waals surface area contributed by atoms with Crippen LogP contribution in [0.25, 0.3) is 0 Å². The van der Waals surface area contributed by atoms with Gasteiger partial charge in [-0.05, 0) is 37.1 Å². The van der Waals surface area contributed by atoms with Crippen LogP contribution in [-0.2, 0) is 14.6 Å². The van der Waals surface area contributed by atoms with Crippen molar-refractivity contribution in [2.45, 2.75) is 33.1 Å². The first kappa shape index (κ1) is 14.9. The molecule has 102 valence electrons. The van der Waals surface area contributed by atoms with Gasteiger partial charge in [0.05, 0.1) is 11.5 Å². The van der Waals surface area contributed by atoms with Gasteiger partial charge in [0.25, 0.3) is 0 Å². The van der Waals surface area contributed by atoms with Crippen molar-refractivity contribution >= 4 is 9.84 Å². The summed E-state index contributed by atoms with van der Waals surface area (Å²) < 4.78 is 28.5. The molecule has 0 amide bonds. The van der Waals surface area contributed by atoms with Crippen molar-refractivity contribution in [3.8, 4) is 0 Å². The molecule has 1 rings (SSSR count). The maximum absolute atomic E-state index is 11.5. The zero-order chi connectivity index (χ0) is 12.9. The Morgan fingerprint density at radius 2 is 2.06 bits per heavy atom. The predicted octanol–water partition coefficient (Wildman–Crippen LogP) is 1.20. The van der Waals surface area contributed by atoms with Crippen molar-refractivity contribution in [1.82, 2.24) is 0 Å². The van der Waals surface area contributed by atoms with E-state index in [1.807, 2.05) is 0 Å². The molecule has 1 fully saturated rings. The molecule has 1 heterocycles. The van der Waals surface area contributed by atoms with E-state index in [-0.39, 0.29) is 16.9 Å². The molecule has 0 bridgehead atoms. The Morgan fingerprint density at radius 3 is 2.53 bits per heavy atom. The lowest BCUT2D eigenvalue weighted by Crippen LogP contribution is -2.33. The molecule has 1 atom stereocenters. The minimum atomic E-state index is -2.86. The fourth-order valence-electron chi connectivity index (χ4n) is 2.15. The van der Waals surface area contributed by atoms with Gasteiger partial charge in [0, 0.05) is 13.2 Å². The van der Waals surface area contributed by atoms with Gasteiger partial charge >= 0.3 is 0 Å². The van der Waals surface area contributed by atoms with Crippen LogP contribution in [0, 0.1) is 11.3 Å². The molecular formula is C12H25NO3S. The van der Waals surface area contributed by atoms with E-state index in [4.69, 9.17) is 10.5 Å². The number of nitrogens with two attached hydrogens (primary N) is 1. The van der Waals surface area contributed by atoms with Crippen molar-refractivity contribution in [2.75, 3.05) is 31.3 Å². The zero-order valence-corrected chi connectivity index (χ0v) is 11.8. The number of ether oxygens (including phenoxy) is 1. The van der Waals surface area contributed by atoms with E-state index < -0.39 is 9.84 Å². The van der Waals surface area contributed by atoms with Crippen LogP contribution in [0.3, 0.4) is 0 Å². The van der Waals surface area contributed by atoms with Crippen LogP contribution >= 0.6 is 0 Å². The average Bonchev–Trinajstić information content (AvgIpc) is 2.54. The third-order valence-electron chi connectivity index (χ3n) is 3.52. The Bertz CT molecular complexity index is 327. The molecule has 0 spiro atoms. The second kappa shape index (κ2) is 6.16. The summed E-state index contributed by atoms with van der Waals surface area (Å²) in [6, 6.07) is 0. The molecule has 17 heavy (non-hydrogen) atoms. The minimum absolute atomic E-state index is 0.226. The zero-order valence-electron chi connectivity index (χ0n) is 10.9. The second-order valence-corrected chi connectivity index (χ2v) is 7.78. The van der Waals surface area contributed by atoms with E-state index in [1.54, 1.807) is 0 Å². The Hall–Kier alpha value is -0.130. The molecule has 4 nitrogen and oxygen atoms in total. The highest BCUT2D eigenvalue weighted by Crippen LogP contribution is 2.34. The van der Waals surface area contributed by atoms with E-state index in [0.717, 1.165) is 19.4 Å². The molecule has 0 aromatic rings. The molecule has 1 aliphatic heterocycles. The van der Waals surface area contributed by atoms with Crippen molar-refractivity contribution in [1.29, 1.82) is 0 Å². The fraction of sp³-hybridized carbons (Fsp3) is 1.00. The normalized spacial score (nSPS) is 27.8. The van der Waals surface area contributed by atoms with Gasteiger partial charge in [-0.15, -0.1) is 0 Å². The predicted molar refractivity (Wildman–Crippen MR) is 69.6 cm³/mol. The van der Waals surface area contributed by atoms with Gasteiger partial charge in [-0.2, -0.15) is 0 Å². The molecule has 0 aromatic heterocycles. The monoisotopic (exact) mass is 263 g/mol. The van der Waals surface area contributed by atoms with Crippen molar-refractivity contribution in [3.05, 3.63) is 0 Å². The average molecular weight is 263 g/mol. The lowest BCUT2D eigenvalue weighted by Gasteiger charge is -2.25. The van der Waals surface area contributed by atoms with E-state index in [2.05, 4.69) is 13.8 Å². The third kappa shape index (κ3) is 4.94. The van der Waals surface area contributed by atoms with E-state index in [9.17, 15) is 8.42 Å². The Kier molecular flexibility index (Phi) is 5.41. The topological polar surface area (TPSA) is 69.4 Å². The summed E-state index contributed by atoms with van der Waals surface area (Å²) in [5.74, 6) is 1.17. The van der Waals surface area contributed by atoms with Crippen LogP contribution in [0.1, 0.15) is 33.1 Å². The lowest BCUT2D eigenvalue weighted by atomic mass is 9.84. The second-order valence-electron chi connectivity index (χ2n) is 5.59. The summed E-state index contributed by atoms with van der Waals surface area (Å²) in [5, 5.41) is 0. The molecule has 0 radical (unpaired) electrons. The molecule has 5 heteroatoms. The van der Waals surface area contributed by atoms with E-state index in [0.29, 0.717) is 25.5 Å². The maximum Gasteiger partial charge on any atom is 0.150 e. The summed E-state index contributed by atoms with van der Waals surface area (Å²) in [7, 11) is -2.86. The van der Waals surface area contributed by atoms with Gasteiger partial charge in [0.2, 0.25) is 0 Å². The first-order valence-electron chi connectivity index (χ1n) is 6.37. The van der Waals surface area contributed by atoms with Crippen molar-refractivity contribution < 1.29 is 13.2 Å². The third-order valence-corrected chi connectivity index (χ3v) is 5.40. The number of hydrogen-bond acceptors (Lipinski definition) is 4. The van der Waals surface area contributed by atoms with Crippen molar-refractivity contribution in [2.24, 2.45) is 17.1 Å². The standard InChI is InChI=1S/C12H25NO3S/c1-11(2)3-6-16-7-4-12(9-13)5-8-17(14,15)10-12/h11H,3-10,13H2,1-2H3. The van der Waals surface area contributed by atoms with E-state index >= 15 is 0 Å². The van der Waals surface area contributed by atoms with Crippen LogP contribution in [0.4, 0.5) is 0 Å². The molecular weight excluding hydrogens is 238 g/mol. The van der Waals surface area contributed by atoms with Crippen LogP contribution in [0.2, 0.25) is 0 Å². The summed E-state index contributed by atoms with van der Waals surface area (Å²) >= 11 is 0. The van der Waals surface area contributed by atoms with Crippen molar-refractivity contribution in [3.63, 3.8) is 0 Å². The summed E-state index contributed by atoms with van der Waals surface area (Å²) in [6.45, 7) is 6.15. The highest BCUT2D eigenvalue weighted by Gasteiger charge is 2.40. The van der Waals surface area contributed by atoms with E-state index in [1.165, 1.54) is 0 Å². The number of hydrogen-bond donors (Lipinski definition) is 1. The van der Waals surface area contributed by atoms with Gasteiger partial charge in [-0.25, -0.2) is 8.42 Å². The highest BCUT2D eigenvalue weighted by molar-refractivity contribution is 7.91. The molecule has 1 unspecified atom stereocenters. The molecule has 1 saturated heterocycles. The van der Waals surface area contributed by atoms with Gasteiger partial charge in [-0.3, -0.25) is 0 Å². The molecule has 0 aromatic carbocycles. The quantitative estimate of drug-likeness (QED) is 0.701. The Labute approximate surface area is 105 Å². The van der Waals surface area contributed by atoms with Crippen LogP contribution in [-0.4, -0.2) is 39.7 Å².